The summed E-state index contributed by atoms with van der Waals surface area (Å²) < 4.78 is 4.69. The molecule has 230 valence electrons. The Morgan fingerprint density at radius 3 is 1.79 bits per heavy atom. The standard InChI is InChI=1S/C44H34N4/c1-44(2,3)32-23-24-45-38(26-32)30-17-20-36-34-13-7-9-15-39(34)47(41(36)25-30)33-19-21-37-35-14-8-10-16-40(35)48(42(37)27-33)43-22-18-31(28-46-43)29-11-5-4-6-12-29/h4-28H,1-3H3. The molecule has 4 nitrogen and oxygen atoms in total. The molecule has 9 rings (SSSR count). The maximum absolute atomic E-state index is 5.01. The molecule has 9 aromatic rings. The van der Waals surface area contributed by atoms with E-state index in [0.29, 0.717) is 0 Å². The lowest BCUT2D eigenvalue weighted by Crippen LogP contribution is -2.11. The predicted octanol–water partition coefficient (Wildman–Crippen LogP) is 11.3. The van der Waals surface area contributed by atoms with Gasteiger partial charge in [0.25, 0.3) is 0 Å². The smallest absolute Gasteiger partial charge is 0.137 e. The lowest BCUT2D eigenvalue weighted by Gasteiger charge is -2.19. The highest BCUT2D eigenvalue weighted by atomic mass is 15.1. The average molecular weight is 619 g/mol. The van der Waals surface area contributed by atoms with Crippen LogP contribution in [0.1, 0.15) is 26.3 Å². The molecule has 5 aromatic carbocycles. The molecule has 0 spiro atoms. The van der Waals surface area contributed by atoms with Crippen LogP contribution in [0.5, 0.6) is 0 Å². The molecule has 0 unspecified atom stereocenters. The topological polar surface area (TPSA) is 35.6 Å². The molecular formula is C44H34N4. The minimum Gasteiger partial charge on any atom is -0.309 e. The van der Waals surface area contributed by atoms with Gasteiger partial charge in [-0.2, -0.15) is 0 Å². The van der Waals surface area contributed by atoms with E-state index in [0.717, 1.165) is 50.4 Å². The second-order valence-corrected chi connectivity index (χ2v) is 13.6. The summed E-state index contributed by atoms with van der Waals surface area (Å²) >= 11 is 0. The Hall–Kier alpha value is -6.00. The van der Waals surface area contributed by atoms with Gasteiger partial charge in [0.15, 0.2) is 0 Å². The van der Waals surface area contributed by atoms with Gasteiger partial charge in [-0.3, -0.25) is 9.55 Å². The summed E-state index contributed by atoms with van der Waals surface area (Å²) in [5, 5.41) is 4.87. The highest BCUT2D eigenvalue weighted by Crippen LogP contribution is 2.38. The molecule has 0 bridgehead atoms. The third-order valence-corrected chi connectivity index (χ3v) is 9.60. The molecule has 0 saturated heterocycles. The molecule has 4 heteroatoms. The maximum atomic E-state index is 5.01. The van der Waals surface area contributed by atoms with E-state index in [4.69, 9.17) is 9.97 Å². The molecule has 0 atom stereocenters. The van der Waals surface area contributed by atoms with Crippen LogP contribution < -0.4 is 0 Å². The second-order valence-electron chi connectivity index (χ2n) is 13.6. The fourth-order valence-electron chi connectivity index (χ4n) is 7.13. The molecule has 4 heterocycles. The van der Waals surface area contributed by atoms with Crippen LogP contribution in [-0.4, -0.2) is 19.1 Å². The predicted molar refractivity (Wildman–Crippen MR) is 200 cm³/mol. The quantitative estimate of drug-likeness (QED) is 0.197. The second kappa shape index (κ2) is 10.8. The zero-order valence-corrected chi connectivity index (χ0v) is 27.2. The fraction of sp³-hybridized carbons (Fsp3) is 0.0909. The Kier molecular flexibility index (Phi) is 6.34. The van der Waals surface area contributed by atoms with Crippen LogP contribution in [0.4, 0.5) is 0 Å². The van der Waals surface area contributed by atoms with Gasteiger partial charge in [0, 0.05) is 50.8 Å². The molecule has 0 N–H and O–H groups in total. The van der Waals surface area contributed by atoms with E-state index in [2.05, 4.69) is 163 Å². The van der Waals surface area contributed by atoms with Gasteiger partial charge >= 0.3 is 0 Å². The van der Waals surface area contributed by atoms with Crippen molar-refractivity contribution in [3.63, 3.8) is 0 Å². The van der Waals surface area contributed by atoms with Crippen molar-refractivity contribution in [2.45, 2.75) is 26.2 Å². The molecule has 0 aliphatic rings. The van der Waals surface area contributed by atoms with Gasteiger partial charge in [-0.1, -0.05) is 106 Å². The van der Waals surface area contributed by atoms with Gasteiger partial charge in [-0.25, -0.2) is 4.98 Å². The number of hydrogen-bond donors (Lipinski definition) is 0. The summed E-state index contributed by atoms with van der Waals surface area (Å²) in [5.74, 6) is 0.896. The number of benzene rings is 5. The summed E-state index contributed by atoms with van der Waals surface area (Å²) in [6.45, 7) is 6.74. The van der Waals surface area contributed by atoms with Crippen LogP contribution in [0.15, 0.2) is 152 Å². The van der Waals surface area contributed by atoms with E-state index < -0.39 is 0 Å². The van der Waals surface area contributed by atoms with Gasteiger partial charge in [-0.15, -0.1) is 0 Å². The zero-order chi connectivity index (χ0) is 32.4. The van der Waals surface area contributed by atoms with E-state index in [1.165, 1.54) is 32.6 Å². The van der Waals surface area contributed by atoms with Crippen molar-refractivity contribution in [1.82, 2.24) is 19.1 Å². The number of fused-ring (bicyclic) bond motifs is 6. The van der Waals surface area contributed by atoms with Crippen molar-refractivity contribution in [1.29, 1.82) is 0 Å². The van der Waals surface area contributed by atoms with Gasteiger partial charge in [-0.05, 0) is 71.1 Å². The van der Waals surface area contributed by atoms with E-state index in [-0.39, 0.29) is 5.41 Å². The first-order valence-electron chi connectivity index (χ1n) is 16.5. The van der Waals surface area contributed by atoms with Crippen LogP contribution in [0, 0.1) is 0 Å². The molecular weight excluding hydrogens is 585 g/mol. The maximum Gasteiger partial charge on any atom is 0.137 e. The molecule has 0 fully saturated rings. The van der Waals surface area contributed by atoms with Crippen molar-refractivity contribution in [2.24, 2.45) is 0 Å². The van der Waals surface area contributed by atoms with Crippen LogP contribution in [0.3, 0.4) is 0 Å². The molecule has 0 aliphatic carbocycles. The Morgan fingerprint density at radius 2 is 1.08 bits per heavy atom. The minimum absolute atomic E-state index is 0.0429. The highest BCUT2D eigenvalue weighted by molar-refractivity contribution is 6.12. The number of hydrogen-bond acceptors (Lipinski definition) is 2. The van der Waals surface area contributed by atoms with Gasteiger partial charge in [0.05, 0.1) is 27.8 Å². The third-order valence-electron chi connectivity index (χ3n) is 9.60. The van der Waals surface area contributed by atoms with Crippen LogP contribution in [-0.2, 0) is 5.41 Å². The fourth-order valence-corrected chi connectivity index (χ4v) is 7.13. The SMILES string of the molecule is CC(C)(C)c1ccnc(-c2ccc3c4ccccc4n(-c4ccc5c6ccccc6n(-c6ccc(-c7ccccc7)cn6)c5c4)c3c2)c1. The number of nitrogens with zero attached hydrogens (tertiary/aromatic N) is 4. The molecule has 4 aromatic heterocycles. The van der Waals surface area contributed by atoms with Crippen molar-refractivity contribution in [2.75, 3.05) is 0 Å². The first-order valence-corrected chi connectivity index (χ1v) is 16.5. The Bertz CT molecular complexity index is 2640. The van der Waals surface area contributed by atoms with Crippen molar-refractivity contribution in [3.8, 4) is 33.9 Å². The van der Waals surface area contributed by atoms with E-state index in [1.807, 2.05) is 18.5 Å². The monoisotopic (exact) mass is 618 g/mol. The molecule has 0 aliphatic heterocycles. The van der Waals surface area contributed by atoms with Crippen LogP contribution in [0.25, 0.3) is 77.5 Å². The molecule has 48 heavy (non-hydrogen) atoms. The van der Waals surface area contributed by atoms with Crippen LogP contribution >= 0.6 is 0 Å². The highest BCUT2D eigenvalue weighted by Gasteiger charge is 2.19. The molecule has 0 amide bonds. The molecule has 0 saturated carbocycles. The average Bonchev–Trinajstić information content (AvgIpc) is 3.64. The number of pyridine rings is 2. The van der Waals surface area contributed by atoms with Gasteiger partial charge in [0.2, 0.25) is 0 Å². The van der Waals surface area contributed by atoms with Gasteiger partial charge < -0.3 is 4.57 Å². The first kappa shape index (κ1) is 28.2. The van der Waals surface area contributed by atoms with Crippen molar-refractivity contribution >= 4 is 43.6 Å². The lowest BCUT2D eigenvalue weighted by atomic mass is 9.87. The van der Waals surface area contributed by atoms with E-state index in [9.17, 15) is 0 Å². The largest absolute Gasteiger partial charge is 0.309 e. The summed E-state index contributed by atoms with van der Waals surface area (Å²) in [4.78, 5) is 9.81. The summed E-state index contributed by atoms with van der Waals surface area (Å²) in [6.07, 6.45) is 3.91. The lowest BCUT2D eigenvalue weighted by molar-refractivity contribution is 0.589. The summed E-state index contributed by atoms with van der Waals surface area (Å²) in [5.41, 5.74) is 11.4. The van der Waals surface area contributed by atoms with Crippen molar-refractivity contribution in [3.05, 3.63) is 157 Å². The van der Waals surface area contributed by atoms with E-state index >= 15 is 0 Å². The zero-order valence-electron chi connectivity index (χ0n) is 27.2. The Morgan fingerprint density at radius 1 is 0.458 bits per heavy atom. The normalized spacial score (nSPS) is 12.1. The Balaban J connectivity index is 1.26. The minimum atomic E-state index is 0.0429. The number of aromatic nitrogens is 4. The Labute approximate surface area is 279 Å². The van der Waals surface area contributed by atoms with Gasteiger partial charge in [0.1, 0.15) is 5.82 Å². The molecule has 0 radical (unpaired) electrons. The van der Waals surface area contributed by atoms with Crippen LogP contribution in [0.2, 0.25) is 0 Å². The van der Waals surface area contributed by atoms with Crippen molar-refractivity contribution < 1.29 is 0 Å². The summed E-state index contributed by atoms with van der Waals surface area (Å²) in [7, 11) is 0. The number of para-hydroxylation sites is 2. The third kappa shape index (κ3) is 4.52. The van der Waals surface area contributed by atoms with E-state index in [1.54, 1.807) is 0 Å². The first-order chi connectivity index (χ1) is 23.4. The number of rotatable bonds is 4. The summed E-state index contributed by atoms with van der Waals surface area (Å²) in [6, 6.07) is 50.0.